The highest BCUT2D eigenvalue weighted by molar-refractivity contribution is 6.62. The highest BCUT2D eigenvalue weighted by atomic mass is 16.7. The van der Waals surface area contributed by atoms with Gasteiger partial charge in [0.25, 0.3) is 0 Å². The third kappa shape index (κ3) is 4.72. The van der Waals surface area contributed by atoms with E-state index in [0.717, 1.165) is 30.5 Å². The summed E-state index contributed by atoms with van der Waals surface area (Å²) in [5, 5.41) is 0. The van der Waals surface area contributed by atoms with Crippen molar-refractivity contribution in [3.05, 3.63) is 24.3 Å². The van der Waals surface area contributed by atoms with Gasteiger partial charge in [0.1, 0.15) is 5.75 Å². The second-order valence-electron chi connectivity index (χ2n) is 9.25. The van der Waals surface area contributed by atoms with Gasteiger partial charge < -0.3 is 18.8 Å². The molecule has 1 saturated carbocycles. The second kappa shape index (κ2) is 8.07. The number of rotatable bonds is 5. The zero-order valence-electron chi connectivity index (χ0n) is 18.0. The van der Waals surface area contributed by atoms with Crippen molar-refractivity contribution in [2.75, 3.05) is 0 Å². The lowest BCUT2D eigenvalue weighted by Crippen LogP contribution is -2.41. The molecule has 1 aromatic rings. The Morgan fingerprint density at radius 1 is 1.07 bits per heavy atom. The lowest BCUT2D eigenvalue weighted by atomic mass is 9.79. The number of ether oxygens (including phenoxy) is 2. The van der Waals surface area contributed by atoms with Crippen LogP contribution in [-0.2, 0) is 18.8 Å². The first kappa shape index (κ1) is 21.2. The van der Waals surface area contributed by atoms with E-state index in [2.05, 4.69) is 0 Å². The van der Waals surface area contributed by atoms with Crippen LogP contribution in [0, 0.1) is 5.92 Å². The predicted octanol–water partition coefficient (Wildman–Crippen LogP) is 3.88. The van der Waals surface area contributed by atoms with Gasteiger partial charge in [0.2, 0.25) is 0 Å². The summed E-state index contributed by atoms with van der Waals surface area (Å²) in [6.45, 7) is 12.0. The SMILES string of the molecule is CC(C)OC(=O)[C@H]1CCC[C@H](Oc2ccc(B3OC(C)(C)C(C)(C)O3)cc2)C1. The lowest BCUT2D eigenvalue weighted by molar-refractivity contribution is -0.154. The predicted molar refractivity (Wildman–Crippen MR) is 110 cm³/mol. The molecule has 1 aromatic carbocycles. The summed E-state index contributed by atoms with van der Waals surface area (Å²) in [6, 6.07) is 7.89. The Balaban J connectivity index is 1.58. The van der Waals surface area contributed by atoms with E-state index >= 15 is 0 Å². The smallest absolute Gasteiger partial charge is 0.490 e. The first-order valence-corrected chi connectivity index (χ1v) is 10.4. The molecule has 5 nitrogen and oxygen atoms in total. The fraction of sp³-hybridized carbons (Fsp3) is 0.682. The molecular weight excluding hydrogens is 355 g/mol. The molecule has 0 unspecified atom stereocenters. The van der Waals surface area contributed by atoms with Crippen LogP contribution in [0.4, 0.5) is 0 Å². The number of carbonyl (C=O) groups excluding carboxylic acids is 1. The van der Waals surface area contributed by atoms with Gasteiger partial charge in [0.05, 0.1) is 29.3 Å². The summed E-state index contributed by atoms with van der Waals surface area (Å²) in [6.07, 6.45) is 3.51. The van der Waals surface area contributed by atoms with Crippen molar-refractivity contribution in [1.29, 1.82) is 0 Å². The Morgan fingerprint density at radius 3 is 2.25 bits per heavy atom. The van der Waals surface area contributed by atoms with Gasteiger partial charge in [-0.1, -0.05) is 12.1 Å². The summed E-state index contributed by atoms with van der Waals surface area (Å²) >= 11 is 0. The molecule has 0 amide bonds. The average Bonchev–Trinajstić information content (AvgIpc) is 2.83. The topological polar surface area (TPSA) is 54.0 Å². The van der Waals surface area contributed by atoms with Crippen molar-refractivity contribution in [2.45, 2.75) is 90.6 Å². The van der Waals surface area contributed by atoms with Crippen LogP contribution >= 0.6 is 0 Å². The van der Waals surface area contributed by atoms with E-state index in [1.807, 2.05) is 65.8 Å². The summed E-state index contributed by atoms with van der Waals surface area (Å²) < 4.78 is 23.7. The molecule has 2 fully saturated rings. The van der Waals surface area contributed by atoms with Crippen LogP contribution in [0.1, 0.15) is 67.2 Å². The van der Waals surface area contributed by atoms with Gasteiger partial charge in [-0.05, 0) is 84.8 Å². The summed E-state index contributed by atoms with van der Waals surface area (Å²) in [4.78, 5) is 12.2. The normalized spacial score (nSPS) is 26.3. The zero-order chi connectivity index (χ0) is 20.5. The number of hydrogen-bond donors (Lipinski definition) is 0. The Morgan fingerprint density at radius 2 is 1.68 bits per heavy atom. The van der Waals surface area contributed by atoms with Gasteiger partial charge in [0, 0.05) is 0 Å². The maximum Gasteiger partial charge on any atom is 0.494 e. The Labute approximate surface area is 169 Å². The Hall–Kier alpha value is -1.53. The number of benzene rings is 1. The van der Waals surface area contributed by atoms with Gasteiger partial charge >= 0.3 is 13.1 Å². The van der Waals surface area contributed by atoms with Crippen LogP contribution < -0.4 is 10.2 Å². The van der Waals surface area contributed by atoms with Gasteiger partial charge in [-0.2, -0.15) is 0 Å². The number of carbonyl (C=O) groups is 1. The highest BCUT2D eigenvalue weighted by Gasteiger charge is 2.51. The largest absolute Gasteiger partial charge is 0.494 e. The molecule has 3 rings (SSSR count). The van der Waals surface area contributed by atoms with Crippen LogP contribution in [0.25, 0.3) is 0 Å². The molecule has 0 aromatic heterocycles. The Bertz CT molecular complexity index is 667. The van der Waals surface area contributed by atoms with Crippen molar-refractivity contribution in [3.63, 3.8) is 0 Å². The van der Waals surface area contributed by atoms with E-state index in [1.54, 1.807) is 0 Å². The van der Waals surface area contributed by atoms with E-state index in [9.17, 15) is 4.79 Å². The van der Waals surface area contributed by atoms with E-state index < -0.39 is 0 Å². The van der Waals surface area contributed by atoms with Gasteiger partial charge in [0.15, 0.2) is 0 Å². The molecule has 6 heteroatoms. The number of hydrogen-bond acceptors (Lipinski definition) is 5. The highest BCUT2D eigenvalue weighted by Crippen LogP contribution is 2.36. The maximum atomic E-state index is 12.2. The quantitative estimate of drug-likeness (QED) is 0.566. The molecule has 0 N–H and O–H groups in total. The summed E-state index contributed by atoms with van der Waals surface area (Å²) in [7, 11) is -0.371. The molecule has 0 spiro atoms. The lowest BCUT2D eigenvalue weighted by Gasteiger charge is -2.32. The molecular formula is C22H33BO5. The van der Waals surface area contributed by atoms with E-state index in [0.29, 0.717) is 6.42 Å². The van der Waals surface area contributed by atoms with E-state index in [4.69, 9.17) is 18.8 Å². The molecule has 2 atom stereocenters. The van der Waals surface area contributed by atoms with Crippen LogP contribution in [0.15, 0.2) is 24.3 Å². The fourth-order valence-corrected chi connectivity index (χ4v) is 3.67. The molecule has 0 bridgehead atoms. The molecule has 1 saturated heterocycles. The first-order chi connectivity index (χ1) is 13.1. The third-order valence-corrected chi connectivity index (χ3v) is 6.02. The summed E-state index contributed by atoms with van der Waals surface area (Å²) in [5.41, 5.74) is 0.274. The second-order valence-corrected chi connectivity index (χ2v) is 9.25. The standard InChI is InChI=1S/C22H33BO5/c1-15(2)25-20(24)16-8-7-9-19(14-16)26-18-12-10-17(11-13-18)23-27-21(3,4)22(5,6)28-23/h10-13,15-16,19H,7-9,14H2,1-6H3/t16-,19-/m0/s1. The maximum absolute atomic E-state index is 12.2. The minimum Gasteiger partial charge on any atom is -0.490 e. The van der Waals surface area contributed by atoms with Crippen molar-refractivity contribution in [3.8, 4) is 5.75 Å². The van der Waals surface area contributed by atoms with Crippen molar-refractivity contribution < 1.29 is 23.6 Å². The summed E-state index contributed by atoms with van der Waals surface area (Å²) in [5.74, 6) is 0.646. The van der Waals surface area contributed by atoms with Crippen molar-refractivity contribution >= 4 is 18.6 Å². The number of esters is 1. The molecule has 1 aliphatic carbocycles. The van der Waals surface area contributed by atoms with Crippen molar-refractivity contribution in [1.82, 2.24) is 0 Å². The molecule has 1 aliphatic heterocycles. The molecule has 0 radical (unpaired) electrons. The van der Waals surface area contributed by atoms with Crippen LogP contribution in [0.5, 0.6) is 5.75 Å². The molecule has 154 valence electrons. The van der Waals surface area contributed by atoms with Crippen LogP contribution in [0.3, 0.4) is 0 Å². The third-order valence-electron chi connectivity index (χ3n) is 6.02. The fourth-order valence-electron chi connectivity index (χ4n) is 3.67. The van der Waals surface area contributed by atoms with Gasteiger partial charge in [-0.25, -0.2) is 0 Å². The Kier molecular flexibility index (Phi) is 6.11. The van der Waals surface area contributed by atoms with Crippen LogP contribution in [0.2, 0.25) is 0 Å². The van der Waals surface area contributed by atoms with Gasteiger partial charge in [-0.15, -0.1) is 0 Å². The average molecular weight is 388 g/mol. The van der Waals surface area contributed by atoms with Gasteiger partial charge in [-0.3, -0.25) is 4.79 Å². The van der Waals surface area contributed by atoms with E-state index in [1.165, 1.54) is 0 Å². The minimum absolute atomic E-state index is 0.0427. The van der Waals surface area contributed by atoms with E-state index in [-0.39, 0.29) is 42.4 Å². The molecule has 2 aliphatic rings. The monoisotopic (exact) mass is 388 g/mol. The zero-order valence-corrected chi connectivity index (χ0v) is 18.0. The minimum atomic E-state index is -0.371. The molecule has 1 heterocycles. The molecule has 28 heavy (non-hydrogen) atoms. The van der Waals surface area contributed by atoms with Crippen molar-refractivity contribution in [2.24, 2.45) is 5.92 Å². The van der Waals surface area contributed by atoms with Crippen LogP contribution in [-0.4, -0.2) is 36.5 Å². The first-order valence-electron chi connectivity index (χ1n) is 10.4.